The van der Waals surface area contributed by atoms with Crippen molar-refractivity contribution >= 4 is 35.6 Å². The van der Waals surface area contributed by atoms with E-state index in [-0.39, 0.29) is 30.7 Å². The number of hydrogen-bond acceptors (Lipinski definition) is 4. The molecule has 22 heavy (non-hydrogen) atoms. The SMILES string of the molecule is COCC(N)C(=O)N1CCN(c2ccc(F)cc2Cl)CC1.Cl. The van der Waals surface area contributed by atoms with Crippen molar-refractivity contribution in [3.63, 3.8) is 0 Å². The quantitative estimate of drug-likeness (QED) is 0.893. The predicted molar refractivity (Wildman–Crippen MR) is 87.3 cm³/mol. The van der Waals surface area contributed by atoms with E-state index in [4.69, 9.17) is 22.1 Å². The van der Waals surface area contributed by atoms with Crippen molar-refractivity contribution in [2.24, 2.45) is 5.73 Å². The molecule has 0 radical (unpaired) electrons. The van der Waals surface area contributed by atoms with Gasteiger partial charge in [-0.05, 0) is 18.2 Å². The van der Waals surface area contributed by atoms with Gasteiger partial charge in [0.25, 0.3) is 0 Å². The Labute approximate surface area is 140 Å². The molecular formula is C14H20Cl2FN3O2. The summed E-state index contributed by atoms with van der Waals surface area (Å²) in [5, 5.41) is 0.380. The summed E-state index contributed by atoms with van der Waals surface area (Å²) in [5.74, 6) is -0.468. The number of nitrogens with two attached hydrogens (primary N) is 1. The van der Waals surface area contributed by atoms with Gasteiger partial charge in [-0.25, -0.2) is 4.39 Å². The molecule has 1 aliphatic heterocycles. The van der Waals surface area contributed by atoms with E-state index in [2.05, 4.69) is 0 Å². The number of hydrogen-bond donors (Lipinski definition) is 1. The third-order valence-corrected chi connectivity index (χ3v) is 3.81. The second-order valence-corrected chi connectivity index (χ2v) is 5.38. The van der Waals surface area contributed by atoms with Gasteiger partial charge >= 0.3 is 0 Å². The Hall–Kier alpha value is -1.08. The summed E-state index contributed by atoms with van der Waals surface area (Å²) < 4.78 is 18.0. The van der Waals surface area contributed by atoms with Crippen LogP contribution in [0.1, 0.15) is 0 Å². The molecule has 1 fully saturated rings. The molecule has 2 rings (SSSR count). The minimum absolute atomic E-state index is 0. The lowest BCUT2D eigenvalue weighted by Crippen LogP contribution is -2.54. The molecule has 1 saturated heterocycles. The Kier molecular flexibility index (Phi) is 7.35. The molecule has 0 aromatic heterocycles. The van der Waals surface area contributed by atoms with Gasteiger partial charge in [-0.3, -0.25) is 4.79 Å². The van der Waals surface area contributed by atoms with Crippen molar-refractivity contribution in [3.8, 4) is 0 Å². The van der Waals surface area contributed by atoms with Gasteiger partial charge in [0.1, 0.15) is 11.9 Å². The molecule has 5 nitrogen and oxygen atoms in total. The molecule has 0 aliphatic carbocycles. The fourth-order valence-corrected chi connectivity index (χ4v) is 2.68. The molecule has 1 unspecified atom stereocenters. The fourth-order valence-electron chi connectivity index (χ4n) is 2.39. The Morgan fingerprint density at radius 1 is 1.41 bits per heavy atom. The van der Waals surface area contributed by atoms with Crippen molar-refractivity contribution in [3.05, 3.63) is 29.0 Å². The highest BCUT2D eigenvalue weighted by atomic mass is 35.5. The molecule has 1 heterocycles. The molecule has 2 N–H and O–H groups in total. The molecule has 0 spiro atoms. The number of rotatable bonds is 4. The highest BCUT2D eigenvalue weighted by Gasteiger charge is 2.26. The number of amides is 1. The average molecular weight is 352 g/mol. The monoisotopic (exact) mass is 351 g/mol. The van der Waals surface area contributed by atoms with Crippen LogP contribution in [-0.2, 0) is 9.53 Å². The van der Waals surface area contributed by atoms with Gasteiger partial charge in [0.2, 0.25) is 5.91 Å². The maximum atomic E-state index is 13.1. The van der Waals surface area contributed by atoms with Crippen LogP contribution in [0.3, 0.4) is 0 Å². The minimum Gasteiger partial charge on any atom is -0.383 e. The number of anilines is 1. The van der Waals surface area contributed by atoms with Crippen LogP contribution < -0.4 is 10.6 Å². The summed E-state index contributed by atoms with van der Waals surface area (Å²) in [4.78, 5) is 15.8. The molecule has 8 heteroatoms. The zero-order chi connectivity index (χ0) is 15.4. The highest BCUT2D eigenvalue weighted by Crippen LogP contribution is 2.27. The summed E-state index contributed by atoms with van der Waals surface area (Å²) in [5.41, 5.74) is 6.54. The van der Waals surface area contributed by atoms with Gasteiger partial charge in [0, 0.05) is 33.3 Å². The van der Waals surface area contributed by atoms with E-state index in [1.54, 1.807) is 11.0 Å². The van der Waals surface area contributed by atoms with Crippen LogP contribution in [0.25, 0.3) is 0 Å². The lowest BCUT2D eigenvalue weighted by atomic mass is 10.2. The first-order valence-corrected chi connectivity index (χ1v) is 7.14. The first kappa shape index (κ1) is 19.0. The van der Waals surface area contributed by atoms with Crippen molar-refractivity contribution < 1.29 is 13.9 Å². The van der Waals surface area contributed by atoms with E-state index in [1.165, 1.54) is 19.2 Å². The summed E-state index contributed by atoms with van der Waals surface area (Å²) in [6.45, 7) is 2.60. The van der Waals surface area contributed by atoms with E-state index in [9.17, 15) is 9.18 Å². The van der Waals surface area contributed by atoms with Crippen LogP contribution in [0.15, 0.2) is 18.2 Å². The molecular weight excluding hydrogens is 332 g/mol. The molecule has 1 aromatic carbocycles. The van der Waals surface area contributed by atoms with Gasteiger partial charge < -0.3 is 20.3 Å². The number of carbonyl (C=O) groups is 1. The number of benzene rings is 1. The van der Waals surface area contributed by atoms with Gasteiger partial charge in [-0.1, -0.05) is 11.6 Å². The maximum Gasteiger partial charge on any atom is 0.241 e. The summed E-state index contributed by atoms with van der Waals surface area (Å²) in [7, 11) is 1.52. The van der Waals surface area contributed by atoms with Gasteiger partial charge in [-0.15, -0.1) is 12.4 Å². The van der Waals surface area contributed by atoms with E-state index < -0.39 is 6.04 Å². The molecule has 0 saturated carbocycles. The third-order valence-electron chi connectivity index (χ3n) is 3.51. The van der Waals surface area contributed by atoms with Crippen molar-refractivity contribution in [2.75, 3.05) is 44.8 Å². The van der Waals surface area contributed by atoms with Crippen molar-refractivity contribution in [1.29, 1.82) is 0 Å². The lowest BCUT2D eigenvalue weighted by Gasteiger charge is -2.37. The molecule has 1 aromatic rings. The number of nitrogens with zero attached hydrogens (tertiary/aromatic N) is 2. The zero-order valence-electron chi connectivity index (χ0n) is 12.3. The summed E-state index contributed by atoms with van der Waals surface area (Å²) in [6.07, 6.45) is 0. The molecule has 1 atom stereocenters. The standard InChI is InChI=1S/C14H19ClFN3O2.ClH/c1-21-9-12(17)14(20)19-6-4-18(5-7-19)13-3-2-10(16)8-11(13)15;/h2-3,8,12H,4-7,9,17H2,1H3;1H. The molecule has 0 bridgehead atoms. The van der Waals surface area contributed by atoms with E-state index in [0.29, 0.717) is 31.2 Å². The van der Waals surface area contributed by atoms with Crippen LogP contribution >= 0.6 is 24.0 Å². The highest BCUT2D eigenvalue weighted by molar-refractivity contribution is 6.33. The van der Waals surface area contributed by atoms with E-state index in [1.807, 2.05) is 4.90 Å². The zero-order valence-corrected chi connectivity index (χ0v) is 13.9. The normalized spacial score (nSPS) is 16.2. The number of halogens is 3. The van der Waals surface area contributed by atoms with Gasteiger partial charge in [0.05, 0.1) is 17.3 Å². The van der Waals surface area contributed by atoms with Crippen LogP contribution in [0.5, 0.6) is 0 Å². The predicted octanol–water partition coefficient (Wildman–Crippen LogP) is 1.52. The molecule has 1 aliphatic rings. The number of ether oxygens (including phenoxy) is 1. The van der Waals surface area contributed by atoms with Crippen molar-refractivity contribution in [2.45, 2.75) is 6.04 Å². The largest absolute Gasteiger partial charge is 0.383 e. The number of carbonyl (C=O) groups excluding carboxylic acids is 1. The van der Waals surface area contributed by atoms with Gasteiger partial charge in [0.15, 0.2) is 0 Å². The maximum absolute atomic E-state index is 13.1. The first-order valence-electron chi connectivity index (χ1n) is 6.76. The first-order chi connectivity index (χ1) is 10.0. The average Bonchev–Trinajstić information content (AvgIpc) is 2.47. The number of piperazine rings is 1. The van der Waals surface area contributed by atoms with Gasteiger partial charge in [-0.2, -0.15) is 0 Å². The fraction of sp³-hybridized carbons (Fsp3) is 0.500. The summed E-state index contributed by atoms with van der Waals surface area (Å²) >= 11 is 6.05. The van der Waals surface area contributed by atoms with Crippen LogP contribution in [0.2, 0.25) is 5.02 Å². The van der Waals surface area contributed by atoms with Crippen LogP contribution in [0, 0.1) is 5.82 Å². The third kappa shape index (κ3) is 4.46. The minimum atomic E-state index is -0.629. The smallest absolute Gasteiger partial charge is 0.241 e. The Bertz CT molecular complexity index is 511. The van der Waals surface area contributed by atoms with Crippen molar-refractivity contribution in [1.82, 2.24) is 4.90 Å². The van der Waals surface area contributed by atoms with E-state index >= 15 is 0 Å². The Morgan fingerprint density at radius 2 is 2.05 bits per heavy atom. The summed E-state index contributed by atoms with van der Waals surface area (Å²) in [6, 6.07) is 3.71. The molecule has 1 amide bonds. The molecule has 124 valence electrons. The Morgan fingerprint density at radius 3 is 2.59 bits per heavy atom. The topological polar surface area (TPSA) is 58.8 Å². The van der Waals surface area contributed by atoms with Crippen LogP contribution in [-0.4, -0.2) is 56.7 Å². The second kappa shape index (κ2) is 8.53. The van der Waals surface area contributed by atoms with E-state index in [0.717, 1.165) is 5.69 Å². The lowest BCUT2D eigenvalue weighted by molar-refractivity contribution is -0.134. The Balaban J connectivity index is 0.00000242. The number of methoxy groups -OCH3 is 1. The van der Waals surface area contributed by atoms with Crippen LogP contribution in [0.4, 0.5) is 10.1 Å². The second-order valence-electron chi connectivity index (χ2n) is 4.97.